The summed E-state index contributed by atoms with van der Waals surface area (Å²) in [6.07, 6.45) is 4.10. The lowest BCUT2D eigenvalue weighted by molar-refractivity contribution is -0.142. The lowest BCUT2D eigenvalue weighted by Gasteiger charge is -2.29. The number of hydrogen-bond acceptors (Lipinski definition) is 4. The van der Waals surface area contributed by atoms with Gasteiger partial charge < -0.3 is 10.4 Å². The van der Waals surface area contributed by atoms with Gasteiger partial charge in [0.05, 0.1) is 11.7 Å². The topological polar surface area (TPSA) is 101 Å². The van der Waals surface area contributed by atoms with Crippen molar-refractivity contribution in [2.75, 3.05) is 5.75 Å². The molecule has 20 heavy (non-hydrogen) atoms. The standard InChI is InChI=1S/C13H21NO5S/c15-12(11-3-1-2-8-20(11,18)19)14-10-6-4-9(5-7-10)13(16)17/h9-11H,1-8H2,(H,14,15)(H,16,17). The Morgan fingerprint density at radius 2 is 1.65 bits per heavy atom. The molecule has 2 fully saturated rings. The minimum Gasteiger partial charge on any atom is -0.481 e. The molecule has 0 spiro atoms. The predicted molar refractivity (Wildman–Crippen MR) is 73.0 cm³/mol. The van der Waals surface area contributed by atoms with Crippen molar-refractivity contribution >= 4 is 21.7 Å². The van der Waals surface area contributed by atoms with E-state index in [0.717, 1.165) is 6.42 Å². The number of nitrogens with one attached hydrogen (secondary N) is 1. The van der Waals surface area contributed by atoms with Crippen LogP contribution < -0.4 is 5.32 Å². The Morgan fingerprint density at radius 3 is 2.20 bits per heavy atom. The molecule has 2 N–H and O–H groups in total. The van der Waals surface area contributed by atoms with Crippen LogP contribution in [-0.2, 0) is 19.4 Å². The van der Waals surface area contributed by atoms with Crippen LogP contribution in [0.3, 0.4) is 0 Å². The van der Waals surface area contributed by atoms with Crippen LogP contribution >= 0.6 is 0 Å². The lowest BCUT2D eigenvalue weighted by Crippen LogP contribution is -2.47. The van der Waals surface area contributed by atoms with Crippen molar-refractivity contribution in [2.45, 2.75) is 56.2 Å². The minimum atomic E-state index is -3.30. The van der Waals surface area contributed by atoms with Gasteiger partial charge in [0.25, 0.3) is 0 Å². The fourth-order valence-corrected chi connectivity index (χ4v) is 4.84. The van der Waals surface area contributed by atoms with Gasteiger partial charge in [0.15, 0.2) is 9.84 Å². The minimum absolute atomic E-state index is 0.0878. The molecule has 0 radical (unpaired) electrons. The summed E-state index contributed by atoms with van der Waals surface area (Å²) in [5.74, 6) is -1.42. The first kappa shape index (κ1) is 15.3. The zero-order valence-corrected chi connectivity index (χ0v) is 12.2. The van der Waals surface area contributed by atoms with Gasteiger partial charge in [-0.3, -0.25) is 9.59 Å². The van der Waals surface area contributed by atoms with E-state index in [4.69, 9.17) is 5.11 Å². The van der Waals surface area contributed by atoms with Gasteiger partial charge in [-0.25, -0.2) is 8.42 Å². The Bertz CT molecular complexity index is 479. The van der Waals surface area contributed by atoms with Crippen LogP contribution in [0.1, 0.15) is 44.9 Å². The number of carboxylic acid groups (broad SMARTS) is 1. The largest absolute Gasteiger partial charge is 0.481 e. The van der Waals surface area contributed by atoms with E-state index in [2.05, 4.69) is 5.32 Å². The molecule has 1 atom stereocenters. The van der Waals surface area contributed by atoms with Gasteiger partial charge >= 0.3 is 5.97 Å². The van der Waals surface area contributed by atoms with Gasteiger partial charge in [-0.2, -0.15) is 0 Å². The Morgan fingerprint density at radius 1 is 1.00 bits per heavy atom. The van der Waals surface area contributed by atoms with Crippen molar-refractivity contribution in [1.82, 2.24) is 5.32 Å². The smallest absolute Gasteiger partial charge is 0.306 e. The van der Waals surface area contributed by atoms with E-state index in [9.17, 15) is 18.0 Å². The normalized spacial score (nSPS) is 33.3. The predicted octanol–water partition coefficient (Wildman–Crippen LogP) is 0.713. The van der Waals surface area contributed by atoms with Crippen molar-refractivity contribution in [1.29, 1.82) is 0 Å². The number of carboxylic acids is 1. The maximum absolute atomic E-state index is 12.1. The summed E-state index contributed by atoms with van der Waals surface area (Å²) in [5.41, 5.74) is 0. The molecular weight excluding hydrogens is 282 g/mol. The monoisotopic (exact) mass is 303 g/mol. The number of rotatable bonds is 3. The van der Waals surface area contributed by atoms with E-state index in [1.807, 2.05) is 0 Å². The van der Waals surface area contributed by atoms with Crippen LogP contribution in [0.2, 0.25) is 0 Å². The van der Waals surface area contributed by atoms with Gasteiger partial charge in [0, 0.05) is 6.04 Å². The van der Waals surface area contributed by atoms with Crippen LogP contribution in [0, 0.1) is 5.92 Å². The molecule has 114 valence electrons. The molecule has 1 saturated carbocycles. The maximum atomic E-state index is 12.1. The number of carbonyl (C=O) groups is 2. The van der Waals surface area contributed by atoms with E-state index >= 15 is 0 Å². The molecule has 1 heterocycles. The summed E-state index contributed by atoms with van der Waals surface area (Å²) in [7, 11) is -3.30. The fraction of sp³-hybridized carbons (Fsp3) is 0.846. The molecular formula is C13H21NO5S. The van der Waals surface area contributed by atoms with Gasteiger partial charge in [-0.1, -0.05) is 6.42 Å². The Labute approximate surface area is 118 Å². The van der Waals surface area contributed by atoms with Crippen molar-refractivity contribution in [3.05, 3.63) is 0 Å². The average molecular weight is 303 g/mol. The van der Waals surface area contributed by atoms with Crippen molar-refractivity contribution in [3.8, 4) is 0 Å². The second kappa shape index (κ2) is 6.11. The number of carbonyl (C=O) groups excluding carboxylic acids is 1. The first-order valence-electron chi connectivity index (χ1n) is 7.15. The van der Waals surface area contributed by atoms with E-state index in [1.54, 1.807) is 0 Å². The zero-order valence-electron chi connectivity index (χ0n) is 11.4. The molecule has 6 nitrogen and oxygen atoms in total. The van der Waals surface area contributed by atoms with Crippen molar-refractivity contribution < 1.29 is 23.1 Å². The highest BCUT2D eigenvalue weighted by molar-refractivity contribution is 7.92. The molecule has 1 aliphatic heterocycles. The Kier molecular flexibility index (Phi) is 4.67. The van der Waals surface area contributed by atoms with E-state index in [1.165, 1.54) is 0 Å². The number of aliphatic carboxylic acids is 1. The summed E-state index contributed by atoms with van der Waals surface area (Å²) in [6.45, 7) is 0. The molecule has 1 unspecified atom stereocenters. The highest BCUT2D eigenvalue weighted by atomic mass is 32.2. The molecule has 0 aromatic heterocycles. The number of hydrogen-bond donors (Lipinski definition) is 2. The van der Waals surface area contributed by atoms with Gasteiger partial charge in [-0.05, 0) is 38.5 Å². The summed E-state index contributed by atoms with van der Waals surface area (Å²) >= 11 is 0. The second-order valence-electron chi connectivity index (χ2n) is 5.75. The second-order valence-corrected chi connectivity index (χ2v) is 8.05. The van der Waals surface area contributed by atoms with Crippen LogP contribution in [-0.4, -0.2) is 42.4 Å². The highest BCUT2D eigenvalue weighted by Gasteiger charge is 2.36. The van der Waals surface area contributed by atoms with Crippen LogP contribution in [0.15, 0.2) is 0 Å². The van der Waals surface area contributed by atoms with E-state index in [-0.39, 0.29) is 17.7 Å². The van der Waals surface area contributed by atoms with Crippen LogP contribution in [0.25, 0.3) is 0 Å². The highest BCUT2D eigenvalue weighted by Crippen LogP contribution is 2.25. The Hall–Kier alpha value is -1.11. The fourth-order valence-electron chi connectivity index (χ4n) is 3.03. The molecule has 1 amide bonds. The van der Waals surface area contributed by atoms with Gasteiger partial charge in [-0.15, -0.1) is 0 Å². The zero-order chi connectivity index (χ0) is 14.8. The maximum Gasteiger partial charge on any atom is 0.306 e. The molecule has 2 rings (SSSR count). The molecule has 0 aromatic rings. The molecule has 1 aliphatic carbocycles. The third-order valence-electron chi connectivity index (χ3n) is 4.29. The first-order valence-corrected chi connectivity index (χ1v) is 8.86. The third kappa shape index (κ3) is 3.50. The van der Waals surface area contributed by atoms with Crippen LogP contribution in [0.5, 0.6) is 0 Å². The van der Waals surface area contributed by atoms with Gasteiger partial charge in [0.1, 0.15) is 5.25 Å². The molecule has 1 saturated heterocycles. The molecule has 0 bridgehead atoms. The van der Waals surface area contributed by atoms with Gasteiger partial charge in [0.2, 0.25) is 5.91 Å². The molecule has 2 aliphatic rings. The van der Waals surface area contributed by atoms with E-state index in [0.29, 0.717) is 38.5 Å². The van der Waals surface area contributed by atoms with Crippen molar-refractivity contribution in [3.63, 3.8) is 0 Å². The van der Waals surface area contributed by atoms with Crippen LogP contribution in [0.4, 0.5) is 0 Å². The number of sulfone groups is 1. The van der Waals surface area contributed by atoms with E-state index < -0.39 is 27.0 Å². The third-order valence-corrected chi connectivity index (χ3v) is 6.47. The lowest BCUT2D eigenvalue weighted by atomic mass is 9.86. The molecule has 7 heteroatoms. The quantitative estimate of drug-likeness (QED) is 0.800. The Balaban J connectivity index is 1.88. The average Bonchev–Trinajstić information content (AvgIpc) is 2.38. The van der Waals surface area contributed by atoms with Crippen molar-refractivity contribution in [2.24, 2.45) is 5.92 Å². The summed E-state index contributed by atoms with van der Waals surface area (Å²) in [4.78, 5) is 22.9. The molecule has 0 aromatic carbocycles. The first-order chi connectivity index (χ1) is 9.40. The summed E-state index contributed by atoms with van der Waals surface area (Å²) in [6, 6.07) is -0.0878. The SMILES string of the molecule is O=C(O)C1CCC(NC(=O)C2CCCCS2(=O)=O)CC1. The summed E-state index contributed by atoms with van der Waals surface area (Å²) in [5, 5.41) is 10.8. The number of amides is 1. The summed E-state index contributed by atoms with van der Waals surface area (Å²) < 4.78 is 23.7.